The van der Waals surface area contributed by atoms with Crippen LogP contribution in [0, 0.1) is 5.92 Å². The molecular formula is C32H31F3N4O4. The highest BCUT2D eigenvalue weighted by Crippen LogP contribution is 2.60. The number of halogens is 3. The van der Waals surface area contributed by atoms with Gasteiger partial charge in [0.15, 0.2) is 5.78 Å². The number of alkyl halides is 3. The lowest BCUT2D eigenvalue weighted by Gasteiger charge is -2.36. The average Bonchev–Trinajstić information content (AvgIpc) is 3.52. The van der Waals surface area contributed by atoms with Crippen molar-refractivity contribution in [2.24, 2.45) is 5.92 Å². The fourth-order valence-electron chi connectivity index (χ4n) is 6.59. The number of amides is 1. The quantitative estimate of drug-likeness (QED) is 0.354. The second kappa shape index (κ2) is 10.6. The van der Waals surface area contributed by atoms with Gasteiger partial charge in [0, 0.05) is 79.4 Å². The molecule has 2 fully saturated rings. The number of pyridine rings is 1. The summed E-state index contributed by atoms with van der Waals surface area (Å²) >= 11 is 0. The van der Waals surface area contributed by atoms with Crippen LogP contribution in [0.1, 0.15) is 52.7 Å². The molecule has 8 nitrogen and oxygen atoms in total. The van der Waals surface area contributed by atoms with Gasteiger partial charge in [0.1, 0.15) is 29.2 Å². The van der Waals surface area contributed by atoms with Crippen molar-refractivity contribution >= 4 is 23.2 Å². The number of hydrogen-bond donors (Lipinski definition) is 1. The minimum atomic E-state index is -4.57. The smallest absolute Gasteiger partial charge is 0.418 e. The van der Waals surface area contributed by atoms with Gasteiger partial charge in [0.25, 0.3) is 0 Å². The van der Waals surface area contributed by atoms with Gasteiger partial charge >= 0.3 is 6.18 Å². The fourth-order valence-corrected chi connectivity index (χ4v) is 6.59. The number of aromatic nitrogens is 1. The predicted octanol–water partition coefficient (Wildman–Crippen LogP) is 5.67. The van der Waals surface area contributed by atoms with E-state index in [1.54, 1.807) is 23.2 Å². The number of benzene rings is 2. The first kappa shape index (κ1) is 27.7. The zero-order valence-corrected chi connectivity index (χ0v) is 23.6. The molecule has 0 bridgehead atoms. The SMILES string of the molecule is CCN1CCN(c2ccc(C(=O)C[C@@H]3[C@H]4Oc5ccc(Oc6ccnc7c6CCC(=O)N7)cc5[C@@H]34)cc2C(F)(F)F)CC1. The Morgan fingerprint density at radius 1 is 1.09 bits per heavy atom. The number of Topliss-reactive ketones (excluding diaryl/α,β-unsaturated/α-hetero) is 1. The maximum absolute atomic E-state index is 14.1. The zero-order valence-electron chi connectivity index (χ0n) is 23.6. The number of nitrogens with one attached hydrogen (secondary N) is 1. The van der Waals surface area contributed by atoms with Crippen LogP contribution in [-0.2, 0) is 17.4 Å². The molecule has 3 aromatic rings. The molecular weight excluding hydrogens is 561 g/mol. The topological polar surface area (TPSA) is 84.0 Å². The monoisotopic (exact) mass is 592 g/mol. The Morgan fingerprint density at radius 2 is 1.91 bits per heavy atom. The molecule has 4 heterocycles. The summed E-state index contributed by atoms with van der Waals surface area (Å²) in [5.41, 5.74) is 1.19. The van der Waals surface area contributed by atoms with E-state index in [1.807, 2.05) is 19.1 Å². The van der Waals surface area contributed by atoms with E-state index in [9.17, 15) is 22.8 Å². The molecule has 3 aliphatic heterocycles. The zero-order chi connectivity index (χ0) is 29.9. The number of hydrogen-bond acceptors (Lipinski definition) is 7. The number of carbonyl (C=O) groups excluding carboxylic acids is 2. The van der Waals surface area contributed by atoms with Crippen LogP contribution in [-0.4, -0.2) is 60.4 Å². The van der Waals surface area contributed by atoms with Crippen LogP contribution in [0.4, 0.5) is 24.7 Å². The standard InChI is InChI=1S/C32H31F3N4O4/c1-2-38-11-13-39(14-12-38)24-6-3-18(15-23(24)32(33,34)35)25(40)17-22-29-21-16-19(4-7-26(21)43-30(22)29)42-27-9-10-36-31-20(27)5-8-28(41)37-31/h3-4,6-7,9-10,15-16,22,29-30H,2,5,8,11-14,17H2,1H3,(H,36,37,41)/t22-,29-,30+/m0/s1. The summed E-state index contributed by atoms with van der Waals surface area (Å²) in [4.78, 5) is 33.2. The molecule has 3 atom stereocenters. The van der Waals surface area contributed by atoms with E-state index in [0.29, 0.717) is 56.3 Å². The van der Waals surface area contributed by atoms with Crippen LogP contribution < -0.4 is 19.7 Å². The highest BCUT2D eigenvalue weighted by atomic mass is 19.4. The minimum absolute atomic E-state index is 0.0237. The molecule has 0 spiro atoms. The van der Waals surface area contributed by atoms with Crippen LogP contribution in [0.3, 0.4) is 0 Å². The van der Waals surface area contributed by atoms with Crippen molar-refractivity contribution in [3.8, 4) is 17.2 Å². The van der Waals surface area contributed by atoms with E-state index in [0.717, 1.165) is 29.5 Å². The third kappa shape index (κ3) is 5.20. The number of likely N-dealkylation sites (N-methyl/N-ethyl adjacent to an activating group) is 1. The number of nitrogens with zero attached hydrogens (tertiary/aromatic N) is 3. The summed E-state index contributed by atoms with van der Waals surface area (Å²) in [5, 5.41) is 2.77. The van der Waals surface area contributed by atoms with Crippen molar-refractivity contribution in [2.45, 2.75) is 44.4 Å². The third-order valence-corrected chi connectivity index (χ3v) is 9.01. The van der Waals surface area contributed by atoms with Gasteiger partial charge in [0.2, 0.25) is 5.91 Å². The molecule has 1 N–H and O–H groups in total. The number of rotatable bonds is 7. The van der Waals surface area contributed by atoms with E-state index >= 15 is 0 Å². The molecule has 0 radical (unpaired) electrons. The van der Waals surface area contributed by atoms with Crippen LogP contribution in [0.2, 0.25) is 0 Å². The van der Waals surface area contributed by atoms with Crippen molar-refractivity contribution in [2.75, 3.05) is 42.9 Å². The Kier molecular flexibility index (Phi) is 6.80. The van der Waals surface area contributed by atoms with E-state index in [-0.39, 0.29) is 47.3 Å². The van der Waals surface area contributed by atoms with Crippen molar-refractivity contribution in [1.29, 1.82) is 0 Å². The van der Waals surface area contributed by atoms with Crippen LogP contribution >= 0.6 is 0 Å². The number of ether oxygens (including phenoxy) is 2. The van der Waals surface area contributed by atoms with Crippen molar-refractivity contribution < 1.29 is 32.2 Å². The van der Waals surface area contributed by atoms with Gasteiger partial charge in [-0.05, 0) is 55.4 Å². The second-order valence-electron chi connectivity index (χ2n) is 11.5. The summed E-state index contributed by atoms with van der Waals surface area (Å²) in [7, 11) is 0. The lowest BCUT2D eigenvalue weighted by molar-refractivity contribution is -0.137. The summed E-state index contributed by atoms with van der Waals surface area (Å²) in [6.45, 7) is 5.34. The summed E-state index contributed by atoms with van der Waals surface area (Å²) < 4.78 is 54.6. The second-order valence-corrected chi connectivity index (χ2v) is 11.5. The van der Waals surface area contributed by atoms with Crippen molar-refractivity contribution in [1.82, 2.24) is 9.88 Å². The van der Waals surface area contributed by atoms with Gasteiger partial charge in [-0.1, -0.05) is 6.92 Å². The summed E-state index contributed by atoms with van der Waals surface area (Å²) in [6.07, 6.45) is -2.19. The van der Waals surface area contributed by atoms with E-state index < -0.39 is 11.7 Å². The average molecular weight is 593 g/mol. The molecule has 1 aliphatic carbocycles. The van der Waals surface area contributed by atoms with Gasteiger partial charge in [-0.2, -0.15) is 13.2 Å². The first-order valence-electron chi connectivity index (χ1n) is 14.7. The molecule has 4 aliphatic rings. The molecule has 224 valence electrons. The van der Waals surface area contributed by atoms with Crippen LogP contribution in [0.5, 0.6) is 17.2 Å². The van der Waals surface area contributed by atoms with Gasteiger partial charge in [0.05, 0.1) is 5.56 Å². The Bertz CT molecular complexity index is 1600. The normalized spacial score (nSPS) is 22.7. The van der Waals surface area contributed by atoms with E-state index in [4.69, 9.17) is 9.47 Å². The highest BCUT2D eigenvalue weighted by Gasteiger charge is 2.59. The number of carbonyl (C=O) groups is 2. The van der Waals surface area contributed by atoms with Gasteiger partial charge in [-0.3, -0.25) is 9.59 Å². The van der Waals surface area contributed by atoms with Crippen LogP contribution in [0.25, 0.3) is 0 Å². The molecule has 1 aromatic heterocycles. The van der Waals surface area contributed by atoms with E-state index in [1.165, 1.54) is 12.1 Å². The number of piperazine rings is 1. The maximum atomic E-state index is 14.1. The Labute approximate surface area is 246 Å². The van der Waals surface area contributed by atoms with Gasteiger partial charge in [-0.15, -0.1) is 0 Å². The number of fused-ring (bicyclic) bond motifs is 4. The summed E-state index contributed by atoms with van der Waals surface area (Å²) in [5.74, 6) is 1.88. The Morgan fingerprint density at radius 3 is 2.67 bits per heavy atom. The van der Waals surface area contributed by atoms with Gasteiger partial charge < -0.3 is 24.6 Å². The van der Waals surface area contributed by atoms with Gasteiger partial charge in [-0.25, -0.2) is 4.98 Å². The van der Waals surface area contributed by atoms with Crippen molar-refractivity contribution in [3.63, 3.8) is 0 Å². The highest BCUT2D eigenvalue weighted by molar-refractivity contribution is 5.97. The van der Waals surface area contributed by atoms with Crippen molar-refractivity contribution in [3.05, 3.63) is 70.9 Å². The molecule has 1 saturated heterocycles. The van der Waals surface area contributed by atoms with Crippen LogP contribution in [0.15, 0.2) is 48.7 Å². The molecule has 1 amide bonds. The Balaban J connectivity index is 1.05. The molecule has 7 rings (SSSR count). The summed E-state index contributed by atoms with van der Waals surface area (Å²) in [6, 6.07) is 11.3. The molecule has 43 heavy (non-hydrogen) atoms. The Hall–Kier alpha value is -4.12. The first-order valence-corrected chi connectivity index (χ1v) is 14.7. The molecule has 11 heteroatoms. The molecule has 2 aromatic carbocycles. The lowest BCUT2D eigenvalue weighted by atomic mass is 9.98. The first-order chi connectivity index (χ1) is 20.7. The largest absolute Gasteiger partial charge is 0.489 e. The number of ketones is 1. The fraction of sp³-hybridized carbons (Fsp3) is 0.406. The minimum Gasteiger partial charge on any atom is -0.489 e. The van der Waals surface area contributed by atoms with E-state index in [2.05, 4.69) is 15.2 Å². The maximum Gasteiger partial charge on any atom is 0.418 e. The predicted molar refractivity (Wildman–Crippen MR) is 153 cm³/mol. The number of anilines is 2. The molecule has 1 saturated carbocycles. The third-order valence-electron chi connectivity index (χ3n) is 9.01. The lowest BCUT2D eigenvalue weighted by Crippen LogP contribution is -2.46. The molecule has 0 unspecified atom stereocenters.